The molecule has 0 bridgehead atoms. The molecule has 1 amide bonds. The van der Waals surface area contributed by atoms with Crippen LogP contribution in [-0.2, 0) is 20.9 Å². The number of nitrogens with zero attached hydrogens (tertiary/aromatic N) is 2. The van der Waals surface area contributed by atoms with E-state index in [1.165, 1.54) is 28.7 Å². The molecule has 3 rings (SSSR count). The highest BCUT2D eigenvalue weighted by Gasteiger charge is 2.23. The summed E-state index contributed by atoms with van der Waals surface area (Å²) in [4.78, 5) is 42.6. The lowest BCUT2D eigenvalue weighted by Crippen LogP contribution is -2.43. The first-order chi connectivity index (χ1) is 12.9. The fourth-order valence-corrected chi connectivity index (χ4v) is 4.48. The molecule has 1 aliphatic carbocycles. The summed E-state index contributed by atoms with van der Waals surface area (Å²) < 4.78 is 6.28. The monoisotopic (exact) mass is 391 g/mol. The normalized spacial score (nSPS) is 19.8. The number of aromatic nitrogens is 2. The Bertz CT molecular complexity index is 918. The maximum absolute atomic E-state index is 12.6. The van der Waals surface area contributed by atoms with Crippen molar-refractivity contribution in [2.75, 3.05) is 6.61 Å². The molecule has 27 heavy (non-hydrogen) atoms. The van der Waals surface area contributed by atoms with Gasteiger partial charge in [0.15, 0.2) is 6.61 Å². The molecular formula is C19H25N3O4S. The molecule has 0 saturated heterocycles. The van der Waals surface area contributed by atoms with E-state index in [9.17, 15) is 14.4 Å². The highest BCUT2D eigenvalue weighted by atomic mass is 32.1. The first-order valence-electron chi connectivity index (χ1n) is 9.27. The van der Waals surface area contributed by atoms with Gasteiger partial charge in [0, 0.05) is 10.9 Å². The van der Waals surface area contributed by atoms with E-state index in [4.69, 9.17) is 4.74 Å². The van der Waals surface area contributed by atoms with Gasteiger partial charge in [-0.3, -0.25) is 19.0 Å². The molecule has 2 heterocycles. The van der Waals surface area contributed by atoms with Crippen molar-refractivity contribution in [3.8, 4) is 0 Å². The number of hydrogen-bond donors (Lipinski definition) is 1. The molecule has 1 saturated carbocycles. The number of fused-ring (bicyclic) bond motifs is 1. The quantitative estimate of drug-likeness (QED) is 0.790. The molecule has 2 aromatic heterocycles. The zero-order valence-corrected chi connectivity index (χ0v) is 16.7. The molecule has 146 valence electrons. The summed E-state index contributed by atoms with van der Waals surface area (Å²) in [6.45, 7) is 5.34. The Morgan fingerprint density at radius 1 is 1.33 bits per heavy atom. The summed E-state index contributed by atoms with van der Waals surface area (Å²) in [5, 5.41) is 3.48. The SMILES string of the molecule is Cc1sc2ncn(CC(=O)OCC(=O)N[C@H]3CCCC[C@@H]3C)c(=O)c2c1C. The third kappa shape index (κ3) is 4.37. The number of amides is 1. The number of carbonyl (C=O) groups excluding carboxylic acids is 2. The largest absolute Gasteiger partial charge is 0.454 e. The van der Waals surface area contributed by atoms with Crippen LogP contribution in [0, 0.1) is 19.8 Å². The molecule has 1 aliphatic rings. The van der Waals surface area contributed by atoms with Crippen molar-refractivity contribution in [2.24, 2.45) is 5.92 Å². The highest BCUT2D eigenvalue weighted by Crippen LogP contribution is 2.25. The molecule has 7 nitrogen and oxygen atoms in total. The van der Waals surface area contributed by atoms with Crippen molar-refractivity contribution in [1.29, 1.82) is 0 Å². The minimum Gasteiger partial charge on any atom is -0.454 e. The van der Waals surface area contributed by atoms with E-state index in [1.54, 1.807) is 0 Å². The summed E-state index contributed by atoms with van der Waals surface area (Å²) in [5.41, 5.74) is 0.621. The topological polar surface area (TPSA) is 90.3 Å². The minimum atomic E-state index is -0.630. The average Bonchev–Trinajstić information content (AvgIpc) is 2.92. The zero-order chi connectivity index (χ0) is 19.6. The van der Waals surface area contributed by atoms with Gasteiger partial charge < -0.3 is 10.1 Å². The summed E-state index contributed by atoms with van der Waals surface area (Å²) in [6, 6.07) is 0.143. The van der Waals surface area contributed by atoms with Gasteiger partial charge in [0.2, 0.25) is 0 Å². The van der Waals surface area contributed by atoms with Crippen LogP contribution in [0.4, 0.5) is 0 Å². The van der Waals surface area contributed by atoms with Crippen molar-refractivity contribution in [3.05, 3.63) is 27.1 Å². The zero-order valence-electron chi connectivity index (χ0n) is 15.9. The second kappa shape index (κ2) is 8.21. The predicted octanol–water partition coefficient (Wildman–Crippen LogP) is 2.31. The molecule has 2 atom stereocenters. The fraction of sp³-hybridized carbons (Fsp3) is 0.579. The van der Waals surface area contributed by atoms with Crippen LogP contribution in [0.3, 0.4) is 0 Å². The Labute approximate surface area is 161 Å². The van der Waals surface area contributed by atoms with E-state index >= 15 is 0 Å². The lowest BCUT2D eigenvalue weighted by Gasteiger charge is -2.29. The molecular weight excluding hydrogens is 366 g/mol. The van der Waals surface area contributed by atoms with Crippen LogP contribution in [0.1, 0.15) is 43.0 Å². The van der Waals surface area contributed by atoms with Crippen molar-refractivity contribution in [3.63, 3.8) is 0 Å². The van der Waals surface area contributed by atoms with Crippen molar-refractivity contribution in [1.82, 2.24) is 14.9 Å². The summed E-state index contributed by atoms with van der Waals surface area (Å²) >= 11 is 1.46. The van der Waals surface area contributed by atoms with Gasteiger partial charge in [-0.2, -0.15) is 0 Å². The maximum atomic E-state index is 12.6. The van der Waals surface area contributed by atoms with Crippen molar-refractivity contribution >= 4 is 33.4 Å². The Morgan fingerprint density at radius 2 is 2.07 bits per heavy atom. The van der Waals surface area contributed by atoms with E-state index in [-0.39, 0.29) is 30.7 Å². The van der Waals surface area contributed by atoms with E-state index in [0.717, 1.165) is 29.7 Å². The lowest BCUT2D eigenvalue weighted by atomic mass is 9.86. The van der Waals surface area contributed by atoms with Crippen LogP contribution in [0.5, 0.6) is 0 Å². The van der Waals surface area contributed by atoms with Crippen LogP contribution in [-0.4, -0.2) is 34.1 Å². The molecule has 0 aliphatic heterocycles. The highest BCUT2D eigenvalue weighted by molar-refractivity contribution is 7.18. The van der Waals surface area contributed by atoms with Crippen LogP contribution in [0.25, 0.3) is 10.2 Å². The number of ether oxygens (including phenoxy) is 1. The summed E-state index contributed by atoms with van der Waals surface area (Å²) in [7, 11) is 0. The van der Waals surface area contributed by atoms with Crippen LogP contribution in [0.2, 0.25) is 0 Å². The number of esters is 1. The number of thiophene rings is 1. The first-order valence-corrected chi connectivity index (χ1v) is 10.1. The maximum Gasteiger partial charge on any atom is 0.326 e. The Balaban J connectivity index is 1.57. The van der Waals surface area contributed by atoms with Gasteiger partial charge in [-0.25, -0.2) is 4.98 Å². The molecule has 0 radical (unpaired) electrons. The van der Waals surface area contributed by atoms with Gasteiger partial charge in [0.25, 0.3) is 11.5 Å². The fourth-order valence-electron chi connectivity index (χ4n) is 3.49. The third-order valence-corrected chi connectivity index (χ3v) is 6.39. The summed E-state index contributed by atoms with van der Waals surface area (Å²) in [6.07, 6.45) is 5.71. The molecule has 8 heteroatoms. The number of nitrogens with one attached hydrogen (secondary N) is 1. The summed E-state index contributed by atoms with van der Waals surface area (Å²) in [5.74, 6) is -0.492. The van der Waals surface area contributed by atoms with Crippen molar-refractivity contribution in [2.45, 2.75) is 59.0 Å². The minimum absolute atomic E-state index is 0.143. The Morgan fingerprint density at radius 3 is 2.81 bits per heavy atom. The molecule has 0 aromatic carbocycles. The number of aryl methyl sites for hydroxylation is 2. The van der Waals surface area contributed by atoms with Gasteiger partial charge in [-0.05, 0) is 38.2 Å². The lowest BCUT2D eigenvalue weighted by molar-refractivity contribution is -0.149. The third-order valence-electron chi connectivity index (χ3n) is 5.28. The van der Waals surface area contributed by atoms with Crippen molar-refractivity contribution < 1.29 is 14.3 Å². The van der Waals surface area contributed by atoms with E-state index < -0.39 is 5.97 Å². The predicted molar refractivity (Wildman–Crippen MR) is 104 cm³/mol. The molecule has 2 aromatic rings. The standard InChI is InChI=1S/C19H25N3O4S/c1-11-6-4-5-7-14(11)21-15(23)9-26-16(24)8-22-10-20-18-17(19(22)25)12(2)13(3)27-18/h10-11,14H,4-9H2,1-3H3,(H,21,23)/t11-,14-/m0/s1. The number of carbonyl (C=O) groups is 2. The smallest absolute Gasteiger partial charge is 0.326 e. The van der Waals surface area contributed by atoms with Crippen LogP contribution < -0.4 is 10.9 Å². The first kappa shape index (κ1) is 19.5. The van der Waals surface area contributed by atoms with E-state index in [0.29, 0.717) is 16.1 Å². The number of hydrogen-bond acceptors (Lipinski definition) is 6. The number of rotatable bonds is 5. The second-order valence-corrected chi connectivity index (χ2v) is 8.44. The van der Waals surface area contributed by atoms with E-state index in [1.807, 2.05) is 13.8 Å². The van der Waals surface area contributed by atoms with Gasteiger partial charge >= 0.3 is 5.97 Å². The Hall–Kier alpha value is -2.22. The van der Waals surface area contributed by atoms with Crippen LogP contribution >= 0.6 is 11.3 Å². The molecule has 0 spiro atoms. The van der Waals surface area contributed by atoms with Gasteiger partial charge in [0.05, 0.1) is 11.7 Å². The van der Waals surface area contributed by atoms with Gasteiger partial charge in [-0.1, -0.05) is 19.8 Å². The second-order valence-electron chi connectivity index (χ2n) is 7.24. The van der Waals surface area contributed by atoms with Gasteiger partial charge in [-0.15, -0.1) is 11.3 Å². The average molecular weight is 391 g/mol. The Kier molecular flexibility index (Phi) is 5.94. The molecule has 0 unspecified atom stereocenters. The van der Waals surface area contributed by atoms with Crippen LogP contribution in [0.15, 0.2) is 11.1 Å². The van der Waals surface area contributed by atoms with Gasteiger partial charge in [0.1, 0.15) is 11.4 Å². The molecule has 1 fully saturated rings. The molecule has 1 N–H and O–H groups in total. The van der Waals surface area contributed by atoms with E-state index in [2.05, 4.69) is 17.2 Å².